The van der Waals surface area contributed by atoms with Crippen LogP contribution >= 0.6 is 0 Å². The molecule has 0 N–H and O–H groups in total. The van der Waals surface area contributed by atoms with E-state index in [1.165, 1.54) is 44.1 Å². The number of benzene rings is 1. The van der Waals surface area contributed by atoms with Gasteiger partial charge < -0.3 is 4.74 Å². The first-order valence-corrected chi connectivity index (χ1v) is 6.81. The molecule has 0 heterocycles. The fourth-order valence-electron chi connectivity index (χ4n) is 1.88. The lowest BCUT2D eigenvalue weighted by molar-refractivity contribution is 0.304. The van der Waals surface area contributed by atoms with Gasteiger partial charge in [0.15, 0.2) is 0 Å². The highest BCUT2D eigenvalue weighted by Crippen LogP contribution is 2.32. The fraction of sp³-hybridized carbons (Fsp3) is 0.500. The molecule has 0 saturated heterocycles. The molecule has 1 nitrogen and oxygen atoms in total. The number of unbranched alkanes of at least 4 members (excludes halogenated alkanes) is 3. The Kier molecular flexibility index (Phi) is 4.66. The van der Waals surface area contributed by atoms with Crippen LogP contribution in [0.25, 0.3) is 6.08 Å². The van der Waals surface area contributed by atoms with E-state index in [0.717, 1.165) is 12.4 Å². The molecule has 0 unspecified atom stereocenters. The molecule has 0 bridgehead atoms. The minimum atomic E-state index is 0.847. The molecule has 0 radical (unpaired) electrons. The standard InChI is InChI=1S/C16H22O/c1-2-3-4-7-12-17-16-9-6-5-8-15(16)13-14-10-11-14/h5-6,8-9,13H,2-4,7,10-12H2,1H3. The maximum absolute atomic E-state index is 5.87. The highest BCUT2D eigenvalue weighted by atomic mass is 16.5. The SMILES string of the molecule is CCCCCCOc1ccccc1C=C1CC1. The molecule has 1 aliphatic carbocycles. The van der Waals surface area contributed by atoms with Crippen LogP contribution in [0.15, 0.2) is 29.8 Å². The van der Waals surface area contributed by atoms with Gasteiger partial charge in [-0.3, -0.25) is 0 Å². The van der Waals surface area contributed by atoms with Crippen molar-refractivity contribution < 1.29 is 4.74 Å². The van der Waals surface area contributed by atoms with E-state index in [1.807, 2.05) is 0 Å². The summed E-state index contributed by atoms with van der Waals surface area (Å²) in [6, 6.07) is 8.36. The topological polar surface area (TPSA) is 9.23 Å². The molecule has 2 rings (SSSR count). The average molecular weight is 230 g/mol. The van der Waals surface area contributed by atoms with Crippen molar-refractivity contribution in [3.05, 3.63) is 35.4 Å². The molecule has 0 spiro atoms. The first-order chi connectivity index (χ1) is 8.40. The molecule has 1 fully saturated rings. The van der Waals surface area contributed by atoms with Gasteiger partial charge in [-0.15, -0.1) is 0 Å². The highest BCUT2D eigenvalue weighted by Gasteiger charge is 2.11. The van der Waals surface area contributed by atoms with Crippen LogP contribution in [0.4, 0.5) is 0 Å². The Balaban J connectivity index is 1.84. The summed E-state index contributed by atoms with van der Waals surface area (Å²) >= 11 is 0. The van der Waals surface area contributed by atoms with Crippen LogP contribution in [0.1, 0.15) is 51.0 Å². The van der Waals surface area contributed by atoms with E-state index in [9.17, 15) is 0 Å². The molecule has 1 aromatic carbocycles. The molecule has 17 heavy (non-hydrogen) atoms. The van der Waals surface area contributed by atoms with Gasteiger partial charge in [-0.05, 0) is 25.3 Å². The van der Waals surface area contributed by atoms with E-state index in [1.54, 1.807) is 5.57 Å². The van der Waals surface area contributed by atoms with Crippen LogP contribution in [0.5, 0.6) is 5.75 Å². The molecule has 92 valence electrons. The Labute approximate surface area is 104 Å². The Morgan fingerprint density at radius 3 is 2.71 bits per heavy atom. The maximum Gasteiger partial charge on any atom is 0.126 e. The minimum absolute atomic E-state index is 0.847. The van der Waals surface area contributed by atoms with Crippen LogP contribution in [0, 0.1) is 0 Å². The predicted molar refractivity (Wildman–Crippen MR) is 73.3 cm³/mol. The molecule has 1 saturated carbocycles. The van der Waals surface area contributed by atoms with Crippen molar-refractivity contribution >= 4 is 6.08 Å². The molecule has 0 aromatic heterocycles. The van der Waals surface area contributed by atoms with E-state index in [0.29, 0.717) is 0 Å². The summed E-state index contributed by atoms with van der Waals surface area (Å²) in [6.07, 6.45) is 9.85. The van der Waals surface area contributed by atoms with Crippen molar-refractivity contribution in [3.63, 3.8) is 0 Å². The summed E-state index contributed by atoms with van der Waals surface area (Å²) in [6.45, 7) is 3.08. The Bertz CT molecular complexity index is 373. The van der Waals surface area contributed by atoms with Gasteiger partial charge in [-0.1, -0.05) is 56.0 Å². The number of hydrogen-bond donors (Lipinski definition) is 0. The summed E-state index contributed by atoms with van der Waals surface area (Å²) in [5.74, 6) is 1.04. The number of para-hydroxylation sites is 1. The van der Waals surface area contributed by atoms with Gasteiger partial charge >= 0.3 is 0 Å². The largest absolute Gasteiger partial charge is 0.493 e. The first-order valence-electron chi connectivity index (χ1n) is 6.81. The van der Waals surface area contributed by atoms with Gasteiger partial charge in [0, 0.05) is 5.56 Å². The van der Waals surface area contributed by atoms with Crippen molar-refractivity contribution in [2.75, 3.05) is 6.61 Å². The van der Waals surface area contributed by atoms with Crippen LogP contribution < -0.4 is 4.74 Å². The fourth-order valence-corrected chi connectivity index (χ4v) is 1.88. The maximum atomic E-state index is 5.87. The molecule has 1 aromatic rings. The van der Waals surface area contributed by atoms with E-state index in [2.05, 4.69) is 37.3 Å². The number of hydrogen-bond acceptors (Lipinski definition) is 1. The summed E-state index contributed by atoms with van der Waals surface area (Å²) in [5.41, 5.74) is 2.79. The monoisotopic (exact) mass is 230 g/mol. The Morgan fingerprint density at radius 2 is 1.94 bits per heavy atom. The van der Waals surface area contributed by atoms with Gasteiger partial charge in [-0.25, -0.2) is 0 Å². The predicted octanol–water partition coefficient (Wildman–Crippen LogP) is 4.82. The Hall–Kier alpha value is -1.24. The third kappa shape index (κ3) is 4.26. The Morgan fingerprint density at radius 1 is 1.12 bits per heavy atom. The molecule has 0 atom stereocenters. The zero-order valence-corrected chi connectivity index (χ0v) is 10.7. The van der Waals surface area contributed by atoms with E-state index in [-0.39, 0.29) is 0 Å². The van der Waals surface area contributed by atoms with Crippen LogP contribution in [0.2, 0.25) is 0 Å². The lowest BCUT2D eigenvalue weighted by Crippen LogP contribution is -1.98. The normalized spacial score (nSPS) is 13.6. The molecule has 1 heteroatoms. The minimum Gasteiger partial charge on any atom is -0.493 e. The van der Waals surface area contributed by atoms with Crippen molar-refractivity contribution in [1.82, 2.24) is 0 Å². The zero-order valence-electron chi connectivity index (χ0n) is 10.7. The number of ether oxygens (including phenoxy) is 1. The van der Waals surface area contributed by atoms with E-state index < -0.39 is 0 Å². The second kappa shape index (κ2) is 6.48. The van der Waals surface area contributed by atoms with Gasteiger partial charge in [-0.2, -0.15) is 0 Å². The summed E-state index contributed by atoms with van der Waals surface area (Å²) in [7, 11) is 0. The summed E-state index contributed by atoms with van der Waals surface area (Å²) < 4.78 is 5.87. The molecule has 0 amide bonds. The van der Waals surface area contributed by atoms with Crippen molar-refractivity contribution in [2.45, 2.75) is 45.4 Å². The van der Waals surface area contributed by atoms with Gasteiger partial charge in [0.1, 0.15) is 5.75 Å². The second-order valence-electron chi connectivity index (χ2n) is 4.75. The van der Waals surface area contributed by atoms with Gasteiger partial charge in [0.2, 0.25) is 0 Å². The third-order valence-electron chi connectivity index (χ3n) is 3.07. The zero-order chi connectivity index (χ0) is 11.9. The van der Waals surface area contributed by atoms with Gasteiger partial charge in [0.05, 0.1) is 6.61 Å². The van der Waals surface area contributed by atoms with Crippen molar-refractivity contribution in [3.8, 4) is 5.75 Å². The molecular formula is C16H22O. The molecule has 0 aliphatic heterocycles. The number of rotatable bonds is 7. The summed E-state index contributed by atoms with van der Waals surface area (Å²) in [4.78, 5) is 0. The third-order valence-corrected chi connectivity index (χ3v) is 3.07. The van der Waals surface area contributed by atoms with Crippen molar-refractivity contribution in [1.29, 1.82) is 0 Å². The van der Waals surface area contributed by atoms with Crippen molar-refractivity contribution in [2.24, 2.45) is 0 Å². The van der Waals surface area contributed by atoms with Crippen LogP contribution in [-0.2, 0) is 0 Å². The van der Waals surface area contributed by atoms with Gasteiger partial charge in [0.25, 0.3) is 0 Å². The van der Waals surface area contributed by atoms with Crippen LogP contribution in [-0.4, -0.2) is 6.61 Å². The lowest BCUT2D eigenvalue weighted by Gasteiger charge is -2.08. The van der Waals surface area contributed by atoms with Crippen LogP contribution in [0.3, 0.4) is 0 Å². The molecular weight excluding hydrogens is 208 g/mol. The first kappa shape index (κ1) is 12.2. The second-order valence-corrected chi connectivity index (χ2v) is 4.75. The summed E-state index contributed by atoms with van der Waals surface area (Å²) in [5, 5.41) is 0. The van der Waals surface area contributed by atoms with E-state index >= 15 is 0 Å². The van der Waals surface area contributed by atoms with E-state index in [4.69, 9.17) is 4.74 Å². The highest BCUT2D eigenvalue weighted by molar-refractivity contribution is 5.62. The molecule has 1 aliphatic rings. The quantitative estimate of drug-likeness (QED) is 0.610. The lowest BCUT2D eigenvalue weighted by atomic mass is 10.2. The average Bonchev–Trinajstić information content (AvgIpc) is 3.15. The smallest absolute Gasteiger partial charge is 0.126 e. The number of allylic oxidation sites excluding steroid dienone is 1.